The number of carbonyl (C=O) groups is 1. The third-order valence-corrected chi connectivity index (χ3v) is 3.34. The number of primary amides is 1. The maximum absolute atomic E-state index is 11.2. The number of amides is 1. The second-order valence-corrected chi connectivity index (χ2v) is 4.58. The van der Waals surface area contributed by atoms with Crippen molar-refractivity contribution in [2.75, 3.05) is 6.61 Å². The van der Waals surface area contributed by atoms with Gasteiger partial charge in [0, 0.05) is 11.1 Å². The van der Waals surface area contributed by atoms with Gasteiger partial charge in [-0.1, -0.05) is 32.0 Å². The van der Waals surface area contributed by atoms with Crippen LogP contribution in [-0.2, 0) is 11.3 Å². The van der Waals surface area contributed by atoms with Crippen molar-refractivity contribution in [2.24, 2.45) is 11.5 Å². The quantitative estimate of drug-likeness (QED) is 0.774. The van der Waals surface area contributed by atoms with Crippen molar-refractivity contribution in [3.63, 3.8) is 0 Å². The Morgan fingerprint density at radius 1 is 1.28 bits per heavy atom. The number of carbonyl (C=O) groups excluding carboxylic acids is 1. The normalized spacial score (nSPS) is 11.5. The molecule has 0 spiro atoms. The average Bonchev–Trinajstić information content (AvgIpc) is 2.39. The second-order valence-electron chi connectivity index (χ2n) is 4.58. The zero-order chi connectivity index (χ0) is 13.6. The molecule has 1 aromatic rings. The molecular weight excluding hydrogens is 228 g/mol. The van der Waals surface area contributed by atoms with Crippen LogP contribution in [0, 0.1) is 0 Å². The lowest BCUT2D eigenvalue weighted by atomic mass is 9.95. The van der Waals surface area contributed by atoms with Gasteiger partial charge in [0.2, 0.25) is 5.91 Å². The van der Waals surface area contributed by atoms with Gasteiger partial charge in [-0.25, -0.2) is 0 Å². The summed E-state index contributed by atoms with van der Waals surface area (Å²) >= 11 is 0. The lowest BCUT2D eigenvalue weighted by molar-refractivity contribution is 0.0688. The summed E-state index contributed by atoms with van der Waals surface area (Å²) in [6, 6.07) is 7.20. The van der Waals surface area contributed by atoms with Crippen LogP contribution in [0.5, 0.6) is 0 Å². The Balaban J connectivity index is 2.62. The summed E-state index contributed by atoms with van der Waals surface area (Å²) in [6.45, 7) is 4.93. The highest BCUT2D eigenvalue weighted by molar-refractivity contribution is 5.94. The number of hydrogen-bond acceptors (Lipinski definition) is 3. The molecule has 0 aliphatic rings. The minimum atomic E-state index is -0.431. The predicted octanol–water partition coefficient (Wildman–Crippen LogP) is 1.82. The topological polar surface area (TPSA) is 78.3 Å². The molecule has 4 nitrogen and oxygen atoms in total. The third kappa shape index (κ3) is 3.82. The van der Waals surface area contributed by atoms with Crippen LogP contribution < -0.4 is 11.5 Å². The van der Waals surface area contributed by atoms with Gasteiger partial charge >= 0.3 is 0 Å². The maximum atomic E-state index is 11.2. The first kappa shape index (κ1) is 14.7. The Bertz CT molecular complexity index is 401. The minimum Gasteiger partial charge on any atom is -0.375 e. The lowest BCUT2D eigenvalue weighted by Gasteiger charge is -2.26. The van der Waals surface area contributed by atoms with Crippen LogP contribution in [0.1, 0.15) is 42.6 Å². The van der Waals surface area contributed by atoms with Crippen molar-refractivity contribution >= 4 is 5.91 Å². The highest BCUT2D eigenvalue weighted by Gasteiger charge is 2.20. The van der Waals surface area contributed by atoms with Gasteiger partial charge in [0.1, 0.15) is 0 Å². The smallest absolute Gasteiger partial charge is 0.249 e. The van der Waals surface area contributed by atoms with Crippen molar-refractivity contribution in [3.05, 3.63) is 35.4 Å². The van der Waals surface area contributed by atoms with E-state index in [1.807, 2.05) is 26.0 Å². The van der Waals surface area contributed by atoms with Gasteiger partial charge in [0.25, 0.3) is 0 Å². The van der Waals surface area contributed by atoms with E-state index in [0.29, 0.717) is 18.8 Å². The first-order chi connectivity index (χ1) is 8.52. The zero-order valence-corrected chi connectivity index (χ0v) is 11.1. The van der Waals surface area contributed by atoms with E-state index < -0.39 is 5.91 Å². The summed E-state index contributed by atoms with van der Waals surface area (Å²) in [7, 11) is 0. The Kier molecular flexibility index (Phi) is 5.31. The van der Waals surface area contributed by atoms with Crippen LogP contribution in [-0.4, -0.2) is 18.1 Å². The Morgan fingerprint density at radius 3 is 2.44 bits per heavy atom. The molecule has 0 heterocycles. The largest absolute Gasteiger partial charge is 0.375 e. The van der Waals surface area contributed by atoms with Crippen LogP contribution in [0.3, 0.4) is 0 Å². The van der Waals surface area contributed by atoms with Crippen molar-refractivity contribution in [1.29, 1.82) is 0 Å². The Labute approximate surface area is 108 Å². The van der Waals surface area contributed by atoms with Gasteiger partial charge in [-0.15, -0.1) is 0 Å². The van der Waals surface area contributed by atoms with Crippen molar-refractivity contribution in [1.82, 2.24) is 0 Å². The molecule has 0 aliphatic carbocycles. The van der Waals surface area contributed by atoms with Crippen molar-refractivity contribution < 1.29 is 9.53 Å². The number of ether oxygens (including phenoxy) is 1. The summed E-state index contributed by atoms with van der Waals surface area (Å²) in [4.78, 5) is 11.2. The van der Waals surface area contributed by atoms with E-state index in [4.69, 9.17) is 16.2 Å². The van der Waals surface area contributed by atoms with E-state index in [1.165, 1.54) is 0 Å². The van der Waals surface area contributed by atoms with Crippen LogP contribution in [0.25, 0.3) is 0 Å². The molecule has 1 amide bonds. The molecule has 0 radical (unpaired) electrons. The maximum Gasteiger partial charge on any atom is 0.249 e. The fraction of sp³-hybridized carbons (Fsp3) is 0.500. The summed E-state index contributed by atoms with van der Waals surface area (Å²) in [5, 5.41) is 0. The molecule has 0 aliphatic heterocycles. The van der Waals surface area contributed by atoms with E-state index in [9.17, 15) is 4.79 Å². The van der Waals surface area contributed by atoms with Crippen LogP contribution in [0.15, 0.2) is 24.3 Å². The van der Waals surface area contributed by atoms with E-state index >= 15 is 0 Å². The zero-order valence-electron chi connectivity index (χ0n) is 11.1. The predicted molar refractivity (Wildman–Crippen MR) is 72.1 cm³/mol. The van der Waals surface area contributed by atoms with Crippen LogP contribution in [0.4, 0.5) is 0 Å². The fourth-order valence-corrected chi connectivity index (χ4v) is 1.70. The third-order valence-electron chi connectivity index (χ3n) is 3.34. The Hall–Kier alpha value is -1.39. The van der Waals surface area contributed by atoms with Gasteiger partial charge in [-0.2, -0.15) is 0 Å². The molecule has 0 fully saturated rings. The first-order valence-electron chi connectivity index (χ1n) is 6.26. The monoisotopic (exact) mass is 250 g/mol. The molecule has 0 atom stereocenters. The van der Waals surface area contributed by atoms with Gasteiger partial charge in [0.15, 0.2) is 0 Å². The molecule has 0 saturated carbocycles. The number of hydrogen-bond donors (Lipinski definition) is 2. The minimum absolute atomic E-state index is 0.290. The Morgan fingerprint density at radius 2 is 1.89 bits per heavy atom. The SMILES string of the molecule is CCC(N)(CC)COCc1ccccc1C(N)=O. The van der Waals surface area contributed by atoms with Crippen LogP contribution in [0.2, 0.25) is 0 Å². The van der Waals surface area contributed by atoms with Crippen LogP contribution >= 0.6 is 0 Å². The summed E-state index contributed by atoms with van der Waals surface area (Å²) < 4.78 is 5.62. The number of rotatable bonds is 7. The number of nitrogens with two attached hydrogens (primary N) is 2. The molecule has 0 unspecified atom stereocenters. The van der Waals surface area contributed by atoms with E-state index in [1.54, 1.807) is 12.1 Å². The van der Waals surface area contributed by atoms with Gasteiger partial charge in [-0.05, 0) is 24.5 Å². The molecule has 4 heteroatoms. The highest BCUT2D eigenvalue weighted by atomic mass is 16.5. The molecule has 18 heavy (non-hydrogen) atoms. The number of benzene rings is 1. The van der Waals surface area contributed by atoms with E-state index in [-0.39, 0.29) is 5.54 Å². The van der Waals surface area contributed by atoms with E-state index in [2.05, 4.69) is 0 Å². The summed E-state index contributed by atoms with van der Waals surface area (Å²) in [5.74, 6) is -0.431. The summed E-state index contributed by atoms with van der Waals surface area (Å²) in [6.07, 6.45) is 1.72. The molecule has 100 valence electrons. The standard InChI is InChI=1S/C14H22N2O2/c1-3-14(16,4-2)10-18-9-11-7-5-6-8-12(11)13(15)17/h5-8H,3-4,9-10,16H2,1-2H3,(H2,15,17). The first-order valence-corrected chi connectivity index (χ1v) is 6.26. The molecular formula is C14H22N2O2. The molecule has 0 aromatic heterocycles. The second kappa shape index (κ2) is 6.52. The highest BCUT2D eigenvalue weighted by Crippen LogP contribution is 2.14. The van der Waals surface area contributed by atoms with Crippen molar-refractivity contribution in [2.45, 2.75) is 38.8 Å². The molecule has 1 rings (SSSR count). The van der Waals surface area contributed by atoms with Gasteiger partial charge in [0.05, 0.1) is 13.2 Å². The lowest BCUT2D eigenvalue weighted by Crippen LogP contribution is -2.43. The van der Waals surface area contributed by atoms with Crippen molar-refractivity contribution in [3.8, 4) is 0 Å². The van der Waals surface area contributed by atoms with E-state index in [0.717, 1.165) is 18.4 Å². The van der Waals surface area contributed by atoms with Gasteiger partial charge < -0.3 is 16.2 Å². The molecule has 0 bridgehead atoms. The summed E-state index contributed by atoms with van der Waals surface area (Å²) in [5.41, 5.74) is 12.5. The fourth-order valence-electron chi connectivity index (χ4n) is 1.70. The molecule has 0 saturated heterocycles. The van der Waals surface area contributed by atoms with Gasteiger partial charge in [-0.3, -0.25) is 4.79 Å². The average molecular weight is 250 g/mol. The molecule has 1 aromatic carbocycles. The molecule has 4 N–H and O–H groups in total.